The lowest BCUT2D eigenvalue weighted by atomic mass is 10.3. The fraction of sp³-hybridized carbons (Fsp3) is 0.182. The first-order valence-corrected chi connectivity index (χ1v) is 4.86. The van der Waals surface area contributed by atoms with Crippen LogP contribution in [-0.4, -0.2) is 16.8 Å². The molecular formula is C11H13FN4. The van der Waals surface area contributed by atoms with Crippen molar-refractivity contribution in [3.63, 3.8) is 0 Å². The van der Waals surface area contributed by atoms with Crippen LogP contribution in [0.4, 0.5) is 21.6 Å². The Balaban J connectivity index is 2.38. The average molecular weight is 220 g/mol. The molecule has 1 heterocycles. The first kappa shape index (κ1) is 10.5. The standard InChI is InChI=1S/C11H13FN4/c1-15-7-10(13)11(14-15)16(2)9-5-3-4-8(12)6-9/h3-7H,13H2,1-2H3. The molecule has 0 spiro atoms. The third-order valence-corrected chi connectivity index (χ3v) is 2.35. The van der Waals surface area contributed by atoms with Crippen LogP contribution in [0.25, 0.3) is 0 Å². The van der Waals surface area contributed by atoms with Crippen molar-refractivity contribution >= 4 is 17.2 Å². The third-order valence-electron chi connectivity index (χ3n) is 2.35. The number of nitrogens with two attached hydrogens (primary N) is 1. The molecule has 0 saturated heterocycles. The number of nitrogen functional groups attached to an aromatic ring is 1. The molecule has 2 N–H and O–H groups in total. The summed E-state index contributed by atoms with van der Waals surface area (Å²) in [6.07, 6.45) is 1.71. The van der Waals surface area contributed by atoms with E-state index in [4.69, 9.17) is 5.73 Å². The summed E-state index contributed by atoms with van der Waals surface area (Å²) in [6, 6.07) is 6.30. The minimum Gasteiger partial charge on any atom is -0.394 e. The number of anilines is 3. The summed E-state index contributed by atoms with van der Waals surface area (Å²) < 4.78 is 14.7. The fourth-order valence-corrected chi connectivity index (χ4v) is 1.56. The van der Waals surface area contributed by atoms with Crippen LogP contribution in [0.1, 0.15) is 0 Å². The predicted molar refractivity (Wildman–Crippen MR) is 62.1 cm³/mol. The number of halogens is 1. The highest BCUT2D eigenvalue weighted by Crippen LogP contribution is 2.26. The molecule has 84 valence electrons. The van der Waals surface area contributed by atoms with Crippen molar-refractivity contribution in [3.8, 4) is 0 Å². The number of aryl methyl sites for hydroxylation is 1. The second-order valence-electron chi connectivity index (χ2n) is 3.62. The molecule has 16 heavy (non-hydrogen) atoms. The monoisotopic (exact) mass is 220 g/mol. The van der Waals surface area contributed by atoms with Gasteiger partial charge in [0.15, 0.2) is 5.82 Å². The van der Waals surface area contributed by atoms with Gasteiger partial charge in [-0.1, -0.05) is 6.07 Å². The molecule has 4 nitrogen and oxygen atoms in total. The fourth-order valence-electron chi connectivity index (χ4n) is 1.56. The van der Waals surface area contributed by atoms with Gasteiger partial charge in [0.2, 0.25) is 0 Å². The summed E-state index contributed by atoms with van der Waals surface area (Å²) in [5.74, 6) is 0.340. The van der Waals surface area contributed by atoms with E-state index in [1.807, 2.05) is 0 Å². The van der Waals surface area contributed by atoms with Gasteiger partial charge in [-0.25, -0.2) is 4.39 Å². The molecule has 0 unspecified atom stereocenters. The van der Waals surface area contributed by atoms with Gasteiger partial charge in [0, 0.05) is 26.0 Å². The highest BCUT2D eigenvalue weighted by Gasteiger charge is 2.11. The van der Waals surface area contributed by atoms with Crippen molar-refractivity contribution in [2.45, 2.75) is 0 Å². The highest BCUT2D eigenvalue weighted by molar-refractivity contribution is 5.69. The van der Waals surface area contributed by atoms with Crippen LogP contribution in [0.15, 0.2) is 30.5 Å². The SMILES string of the molecule is CN(c1cccc(F)c1)c1nn(C)cc1N. The maximum Gasteiger partial charge on any atom is 0.178 e. The van der Waals surface area contributed by atoms with Crippen molar-refractivity contribution in [2.24, 2.45) is 7.05 Å². The molecule has 5 heteroatoms. The van der Waals surface area contributed by atoms with E-state index >= 15 is 0 Å². The van der Waals surface area contributed by atoms with Gasteiger partial charge in [-0.15, -0.1) is 0 Å². The molecule has 0 aliphatic heterocycles. The maximum atomic E-state index is 13.1. The van der Waals surface area contributed by atoms with E-state index in [1.165, 1.54) is 12.1 Å². The second-order valence-corrected chi connectivity index (χ2v) is 3.62. The van der Waals surface area contributed by atoms with Gasteiger partial charge >= 0.3 is 0 Å². The zero-order chi connectivity index (χ0) is 11.7. The Kier molecular flexibility index (Phi) is 2.52. The topological polar surface area (TPSA) is 47.1 Å². The molecule has 0 atom stereocenters. The molecule has 1 aromatic carbocycles. The minimum atomic E-state index is -0.279. The zero-order valence-electron chi connectivity index (χ0n) is 9.18. The largest absolute Gasteiger partial charge is 0.394 e. The lowest BCUT2D eigenvalue weighted by molar-refractivity contribution is 0.628. The average Bonchev–Trinajstić information content (AvgIpc) is 2.57. The van der Waals surface area contributed by atoms with E-state index in [-0.39, 0.29) is 5.82 Å². The van der Waals surface area contributed by atoms with Crippen LogP contribution in [0.3, 0.4) is 0 Å². The summed E-state index contributed by atoms with van der Waals surface area (Å²) in [7, 11) is 3.59. The molecule has 1 aromatic heterocycles. The van der Waals surface area contributed by atoms with Gasteiger partial charge in [0.05, 0.1) is 5.69 Å². The highest BCUT2D eigenvalue weighted by atomic mass is 19.1. The van der Waals surface area contributed by atoms with Gasteiger partial charge in [0.1, 0.15) is 5.82 Å². The Labute approximate surface area is 93.1 Å². The van der Waals surface area contributed by atoms with Gasteiger partial charge in [-0.05, 0) is 18.2 Å². The predicted octanol–water partition coefficient (Wildman–Crippen LogP) is 1.91. The summed E-state index contributed by atoms with van der Waals surface area (Å²) in [4.78, 5) is 1.75. The zero-order valence-corrected chi connectivity index (χ0v) is 9.18. The van der Waals surface area contributed by atoms with Crippen molar-refractivity contribution in [1.29, 1.82) is 0 Å². The Morgan fingerprint density at radius 2 is 2.19 bits per heavy atom. The van der Waals surface area contributed by atoms with E-state index < -0.39 is 0 Å². The molecule has 0 amide bonds. The van der Waals surface area contributed by atoms with Crippen LogP contribution in [0.2, 0.25) is 0 Å². The number of benzene rings is 1. The molecule has 0 saturated carbocycles. The Morgan fingerprint density at radius 1 is 1.44 bits per heavy atom. The lowest BCUT2D eigenvalue weighted by Gasteiger charge is -2.17. The van der Waals surface area contributed by atoms with Crippen molar-refractivity contribution in [3.05, 3.63) is 36.3 Å². The van der Waals surface area contributed by atoms with Gasteiger partial charge in [0.25, 0.3) is 0 Å². The molecule has 2 aromatic rings. The molecule has 0 radical (unpaired) electrons. The van der Waals surface area contributed by atoms with E-state index in [9.17, 15) is 4.39 Å². The van der Waals surface area contributed by atoms with E-state index in [1.54, 1.807) is 42.0 Å². The quantitative estimate of drug-likeness (QED) is 0.841. The number of aromatic nitrogens is 2. The summed E-state index contributed by atoms with van der Waals surface area (Å²) in [5.41, 5.74) is 7.08. The van der Waals surface area contributed by atoms with Crippen molar-refractivity contribution in [1.82, 2.24) is 9.78 Å². The lowest BCUT2D eigenvalue weighted by Crippen LogP contribution is -2.12. The molecule has 0 fully saturated rings. The number of hydrogen-bond donors (Lipinski definition) is 1. The van der Waals surface area contributed by atoms with Crippen LogP contribution in [-0.2, 0) is 7.05 Å². The maximum absolute atomic E-state index is 13.1. The number of rotatable bonds is 2. The summed E-state index contributed by atoms with van der Waals surface area (Å²) in [5, 5.41) is 4.21. The normalized spacial score (nSPS) is 10.4. The Morgan fingerprint density at radius 3 is 2.75 bits per heavy atom. The molecular weight excluding hydrogens is 207 g/mol. The van der Waals surface area contributed by atoms with Crippen molar-refractivity contribution in [2.75, 3.05) is 17.7 Å². The van der Waals surface area contributed by atoms with E-state index in [2.05, 4.69) is 5.10 Å². The van der Waals surface area contributed by atoms with Gasteiger partial charge < -0.3 is 10.6 Å². The van der Waals surface area contributed by atoms with E-state index in [0.29, 0.717) is 17.2 Å². The summed E-state index contributed by atoms with van der Waals surface area (Å²) >= 11 is 0. The Hall–Kier alpha value is -2.04. The van der Waals surface area contributed by atoms with E-state index in [0.717, 1.165) is 0 Å². The Bertz CT molecular complexity index is 506. The second kappa shape index (κ2) is 3.84. The molecule has 2 rings (SSSR count). The first-order chi connectivity index (χ1) is 7.58. The van der Waals surface area contributed by atoms with Crippen LogP contribution < -0.4 is 10.6 Å². The summed E-state index contributed by atoms with van der Waals surface area (Å²) in [6.45, 7) is 0. The molecule has 0 aliphatic carbocycles. The van der Waals surface area contributed by atoms with Crippen molar-refractivity contribution < 1.29 is 4.39 Å². The first-order valence-electron chi connectivity index (χ1n) is 4.86. The van der Waals surface area contributed by atoms with Crippen LogP contribution in [0, 0.1) is 5.82 Å². The minimum absolute atomic E-state index is 0.279. The number of nitrogens with zero attached hydrogens (tertiary/aromatic N) is 3. The van der Waals surface area contributed by atoms with Crippen LogP contribution in [0.5, 0.6) is 0 Å². The van der Waals surface area contributed by atoms with Gasteiger partial charge in [-0.3, -0.25) is 4.68 Å². The van der Waals surface area contributed by atoms with Crippen LogP contribution >= 0.6 is 0 Å². The smallest absolute Gasteiger partial charge is 0.178 e. The molecule has 0 bridgehead atoms. The third kappa shape index (κ3) is 1.84. The molecule has 0 aliphatic rings. The number of hydrogen-bond acceptors (Lipinski definition) is 3. The van der Waals surface area contributed by atoms with Gasteiger partial charge in [-0.2, -0.15) is 5.10 Å².